The average molecular weight is 986 g/mol. The Morgan fingerprint density at radius 2 is 1.36 bits per heavy atom. The molecule has 61 heavy (non-hydrogen) atoms. The Morgan fingerprint density at radius 1 is 0.656 bits per heavy atom. The number of pyridine rings is 1. The molecule has 4 nitrogen and oxygen atoms in total. The summed E-state index contributed by atoms with van der Waals surface area (Å²) in [5, 5.41) is 3.64. The van der Waals surface area contributed by atoms with Gasteiger partial charge in [0.05, 0.1) is 30.5 Å². The zero-order chi connectivity index (χ0) is 41.2. The Labute approximate surface area is 373 Å². The quantitative estimate of drug-likeness (QED) is 0.113. The number of nitrogens with zero attached hydrogens (tertiary/aromatic N) is 3. The summed E-state index contributed by atoms with van der Waals surface area (Å²) in [5.74, 6) is 1.47. The first-order chi connectivity index (χ1) is 29.2. The van der Waals surface area contributed by atoms with Crippen LogP contribution in [0.1, 0.15) is 19.4 Å². The molecule has 1 radical (unpaired) electrons. The number of furan rings is 1. The van der Waals surface area contributed by atoms with Gasteiger partial charge in [0.2, 0.25) is 0 Å². The SMILES string of the molecule is CC(C)Cc1cc(-c2[c-]cccc2)ncc1[Si](C)(C)C.[Ir].[c-]1ccc2c(oc3ccccc32)c1-c1nc2ccccc2n1-c1cc(-c2ccccc2)ccc1-c1ccccc1. The van der Waals surface area contributed by atoms with E-state index >= 15 is 0 Å². The summed E-state index contributed by atoms with van der Waals surface area (Å²) >= 11 is 0. The molecule has 0 saturated heterocycles. The number of hydrogen-bond acceptors (Lipinski definition) is 3. The monoisotopic (exact) mass is 986 g/mol. The van der Waals surface area contributed by atoms with Crippen LogP contribution in [0, 0.1) is 18.1 Å². The topological polar surface area (TPSA) is 43.9 Å². The fraction of sp³-hybridized carbons (Fsp3) is 0.127. The Bertz CT molecular complexity index is 3080. The molecule has 0 N–H and O–H groups in total. The van der Waals surface area contributed by atoms with Crippen LogP contribution in [0.15, 0.2) is 180 Å². The molecule has 10 aromatic rings. The molecule has 0 spiro atoms. The van der Waals surface area contributed by atoms with E-state index in [1.807, 2.05) is 54.6 Å². The summed E-state index contributed by atoms with van der Waals surface area (Å²) in [6, 6.07) is 65.4. The smallest absolute Gasteiger partial charge is 0.120 e. The molecule has 3 aromatic heterocycles. The molecule has 0 aliphatic rings. The van der Waals surface area contributed by atoms with E-state index in [4.69, 9.17) is 9.40 Å². The van der Waals surface area contributed by atoms with Gasteiger partial charge in [0, 0.05) is 42.9 Å². The molecular weight excluding hydrogens is 939 g/mol. The summed E-state index contributed by atoms with van der Waals surface area (Å²) in [6.07, 6.45) is 3.24. The van der Waals surface area contributed by atoms with Crippen LogP contribution >= 0.6 is 0 Å². The molecule has 0 aliphatic carbocycles. The fourth-order valence-electron chi connectivity index (χ4n) is 8.16. The normalized spacial score (nSPS) is 11.4. The average Bonchev–Trinajstić information content (AvgIpc) is 3.86. The molecule has 3 heterocycles. The van der Waals surface area contributed by atoms with E-state index in [0.29, 0.717) is 5.92 Å². The van der Waals surface area contributed by atoms with E-state index in [0.717, 1.165) is 84.4 Å². The second kappa shape index (κ2) is 17.8. The maximum atomic E-state index is 6.45. The van der Waals surface area contributed by atoms with Crippen LogP contribution in [-0.2, 0) is 26.5 Å². The summed E-state index contributed by atoms with van der Waals surface area (Å²) < 4.78 is 8.71. The maximum Gasteiger partial charge on any atom is 0.120 e. The van der Waals surface area contributed by atoms with Crippen LogP contribution < -0.4 is 5.19 Å². The van der Waals surface area contributed by atoms with Crippen molar-refractivity contribution in [3.8, 4) is 50.6 Å². The second-order valence-corrected chi connectivity index (χ2v) is 21.8. The van der Waals surface area contributed by atoms with Crippen molar-refractivity contribution in [2.24, 2.45) is 5.92 Å². The molecule has 0 atom stereocenters. The van der Waals surface area contributed by atoms with Gasteiger partial charge in [0.15, 0.2) is 0 Å². The summed E-state index contributed by atoms with van der Waals surface area (Å²) in [4.78, 5) is 9.88. The number of aromatic nitrogens is 3. The van der Waals surface area contributed by atoms with Gasteiger partial charge in [0.1, 0.15) is 5.58 Å². The molecule has 10 rings (SSSR count). The number of hydrogen-bond donors (Lipinski definition) is 0. The zero-order valence-corrected chi connectivity index (χ0v) is 38.5. The molecule has 0 saturated carbocycles. The van der Waals surface area contributed by atoms with Gasteiger partial charge in [-0.1, -0.05) is 159 Å². The van der Waals surface area contributed by atoms with Gasteiger partial charge < -0.3 is 14.0 Å². The minimum absolute atomic E-state index is 0. The number of imidazole rings is 1. The molecule has 0 amide bonds. The van der Waals surface area contributed by atoms with Crippen molar-refractivity contribution in [2.45, 2.75) is 39.9 Å². The Hall–Kier alpha value is -6.17. The van der Waals surface area contributed by atoms with Gasteiger partial charge >= 0.3 is 0 Å². The first-order valence-corrected chi connectivity index (χ1v) is 24.2. The number of rotatable bonds is 8. The standard InChI is InChI=1S/C37H23N2O.C18H24NSi.Ir/c1-3-12-25(13-4-1)27-22-23-28(26-14-5-2-6-15-26)34(24-27)39-33-20-9-8-19-32(33)38-37(39)31-18-11-17-30-29-16-7-10-21-35(29)40-36(30)31;1-14(2)11-16-12-17(15-9-7-6-8-10-15)19-13-18(16)20(3,4)5;/h1-17,19-24H;6-9,12-14H,11H2,1-5H3;/q2*-1;. The van der Waals surface area contributed by atoms with Crippen molar-refractivity contribution in [2.75, 3.05) is 0 Å². The largest absolute Gasteiger partial charge is 0.501 e. The van der Waals surface area contributed by atoms with E-state index in [-0.39, 0.29) is 20.1 Å². The Balaban J connectivity index is 0.000000208. The van der Waals surface area contributed by atoms with E-state index in [1.165, 1.54) is 16.3 Å². The first kappa shape index (κ1) is 41.6. The van der Waals surface area contributed by atoms with Crippen LogP contribution in [0.25, 0.3) is 83.6 Å². The van der Waals surface area contributed by atoms with Crippen LogP contribution in [0.3, 0.4) is 0 Å². The van der Waals surface area contributed by atoms with Gasteiger partial charge in [-0.25, -0.2) is 0 Å². The van der Waals surface area contributed by atoms with Crippen LogP contribution in [0.4, 0.5) is 0 Å². The van der Waals surface area contributed by atoms with Gasteiger partial charge in [-0.2, -0.15) is 0 Å². The number of para-hydroxylation sites is 3. The van der Waals surface area contributed by atoms with Gasteiger partial charge in [-0.15, -0.1) is 54.1 Å². The zero-order valence-electron chi connectivity index (χ0n) is 35.1. The Morgan fingerprint density at radius 3 is 2.10 bits per heavy atom. The van der Waals surface area contributed by atoms with Crippen molar-refractivity contribution in [1.29, 1.82) is 0 Å². The van der Waals surface area contributed by atoms with E-state index in [1.54, 1.807) is 0 Å². The molecule has 0 unspecified atom stereocenters. The van der Waals surface area contributed by atoms with Crippen molar-refractivity contribution >= 4 is 46.2 Å². The molecule has 0 aliphatic heterocycles. The maximum absolute atomic E-state index is 6.45. The van der Waals surface area contributed by atoms with Gasteiger partial charge in [0.25, 0.3) is 0 Å². The third-order valence-electron chi connectivity index (χ3n) is 11.0. The predicted molar refractivity (Wildman–Crippen MR) is 254 cm³/mol. The molecule has 0 bridgehead atoms. The third kappa shape index (κ3) is 8.58. The van der Waals surface area contributed by atoms with Crippen LogP contribution in [0.2, 0.25) is 19.6 Å². The van der Waals surface area contributed by atoms with Crippen molar-refractivity contribution < 1.29 is 24.5 Å². The van der Waals surface area contributed by atoms with Crippen molar-refractivity contribution in [3.63, 3.8) is 0 Å². The first-order valence-electron chi connectivity index (χ1n) is 20.7. The number of benzene rings is 7. The Kier molecular flexibility index (Phi) is 12.1. The van der Waals surface area contributed by atoms with E-state index in [9.17, 15) is 0 Å². The molecule has 0 fully saturated rings. The predicted octanol–water partition coefficient (Wildman–Crippen LogP) is 14.0. The van der Waals surface area contributed by atoms with Crippen LogP contribution in [-0.4, -0.2) is 22.6 Å². The molecular formula is C55H47IrN3OSi-2. The van der Waals surface area contributed by atoms with E-state index < -0.39 is 8.07 Å². The fourth-order valence-corrected chi connectivity index (χ4v) is 9.75. The minimum Gasteiger partial charge on any atom is -0.501 e. The van der Waals surface area contributed by atoms with Crippen LogP contribution in [0.5, 0.6) is 0 Å². The van der Waals surface area contributed by atoms with Gasteiger partial charge in [-0.3, -0.25) is 4.98 Å². The second-order valence-electron chi connectivity index (χ2n) is 16.8. The minimum atomic E-state index is -1.34. The molecule has 6 heteroatoms. The van der Waals surface area contributed by atoms with Crippen molar-refractivity contribution in [3.05, 3.63) is 194 Å². The van der Waals surface area contributed by atoms with Crippen molar-refractivity contribution in [1.82, 2.24) is 14.5 Å². The molecule has 7 aromatic carbocycles. The number of fused-ring (bicyclic) bond motifs is 4. The third-order valence-corrected chi connectivity index (χ3v) is 13.0. The molecule has 303 valence electrons. The van der Waals surface area contributed by atoms with E-state index in [2.05, 4.69) is 177 Å². The summed E-state index contributed by atoms with van der Waals surface area (Å²) in [5.41, 5.74) is 13.7. The van der Waals surface area contributed by atoms with Gasteiger partial charge in [-0.05, 0) is 64.2 Å². The summed E-state index contributed by atoms with van der Waals surface area (Å²) in [7, 11) is -1.34. The summed E-state index contributed by atoms with van der Waals surface area (Å²) in [6.45, 7) is 11.7.